The largest absolute Gasteiger partial charge is 0.508 e. The van der Waals surface area contributed by atoms with Gasteiger partial charge in [0, 0.05) is 6.04 Å². The van der Waals surface area contributed by atoms with E-state index in [1.165, 1.54) is 11.1 Å². The van der Waals surface area contributed by atoms with Crippen LogP contribution in [0.4, 0.5) is 0 Å². The molecule has 0 heterocycles. The quantitative estimate of drug-likeness (QED) is 0.825. The molecule has 0 radical (unpaired) electrons. The van der Waals surface area contributed by atoms with Crippen LogP contribution in [0.5, 0.6) is 5.75 Å². The fraction of sp³-hybridized carbons (Fsp3) is 0.294. The maximum Gasteiger partial charge on any atom is 0.115 e. The molecule has 2 rings (SSSR count). The van der Waals surface area contributed by atoms with Gasteiger partial charge in [-0.2, -0.15) is 0 Å². The second kappa shape index (κ2) is 6.95. The summed E-state index contributed by atoms with van der Waals surface area (Å²) in [5.41, 5.74) is 2.59. The molecule has 0 amide bonds. The highest BCUT2D eigenvalue weighted by Gasteiger charge is 2.07. The molecular weight excluding hydrogens is 234 g/mol. The van der Waals surface area contributed by atoms with Gasteiger partial charge in [0.1, 0.15) is 5.75 Å². The Labute approximate surface area is 115 Å². The van der Waals surface area contributed by atoms with Crippen molar-refractivity contribution in [1.82, 2.24) is 5.32 Å². The molecule has 0 saturated carbocycles. The first-order valence-electron chi connectivity index (χ1n) is 6.86. The zero-order valence-electron chi connectivity index (χ0n) is 11.3. The average Bonchev–Trinajstić information content (AvgIpc) is 2.46. The van der Waals surface area contributed by atoms with E-state index in [9.17, 15) is 5.11 Å². The minimum absolute atomic E-state index is 0.322. The molecule has 2 nitrogen and oxygen atoms in total. The van der Waals surface area contributed by atoms with E-state index in [-0.39, 0.29) is 0 Å². The second-order valence-electron chi connectivity index (χ2n) is 4.74. The van der Waals surface area contributed by atoms with Gasteiger partial charge in [-0.1, -0.05) is 49.4 Å². The van der Waals surface area contributed by atoms with Crippen molar-refractivity contribution < 1.29 is 5.11 Å². The van der Waals surface area contributed by atoms with E-state index < -0.39 is 0 Å². The van der Waals surface area contributed by atoms with Crippen LogP contribution >= 0.6 is 0 Å². The van der Waals surface area contributed by atoms with Crippen molar-refractivity contribution in [3.05, 3.63) is 65.7 Å². The summed E-state index contributed by atoms with van der Waals surface area (Å²) in [6.45, 7) is 3.14. The Bertz CT molecular complexity index is 478. The monoisotopic (exact) mass is 255 g/mol. The molecule has 0 aromatic heterocycles. The molecule has 0 aliphatic rings. The van der Waals surface area contributed by atoms with Crippen molar-refractivity contribution in [2.45, 2.75) is 25.8 Å². The van der Waals surface area contributed by atoms with Crippen molar-refractivity contribution in [2.24, 2.45) is 0 Å². The topological polar surface area (TPSA) is 32.3 Å². The lowest BCUT2D eigenvalue weighted by atomic mass is 10.0. The van der Waals surface area contributed by atoms with Crippen LogP contribution in [0.3, 0.4) is 0 Å². The van der Waals surface area contributed by atoms with E-state index in [1.54, 1.807) is 12.1 Å². The van der Waals surface area contributed by atoms with E-state index in [2.05, 4.69) is 36.5 Å². The Morgan fingerprint density at radius 2 is 1.68 bits per heavy atom. The first-order valence-corrected chi connectivity index (χ1v) is 6.86. The van der Waals surface area contributed by atoms with Crippen molar-refractivity contribution in [2.75, 3.05) is 6.54 Å². The number of phenolic OH excluding ortho intramolecular Hbond substituents is 1. The third kappa shape index (κ3) is 4.11. The van der Waals surface area contributed by atoms with Gasteiger partial charge in [0.15, 0.2) is 0 Å². The van der Waals surface area contributed by atoms with Gasteiger partial charge in [0.05, 0.1) is 0 Å². The van der Waals surface area contributed by atoms with Gasteiger partial charge in [0.2, 0.25) is 0 Å². The zero-order valence-corrected chi connectivity index (χ0v) is 11.3. The maximum atomic E-state index is 9.32. The standard InChI is InChI=1S/C17H21NO/c1-2-17(15-8-10-16(19)11-9-15)18-13-12-14-6-4-3-5-7-14/h3-11,17-19H,2,12-13H2,1H3. The molecule has 0 bridgehead atoms. The molecule has 1 unspecified atom stereocenters. The molecule has 1 atom stereocenters. The van der Waals surface area contributed by atoms with Crippen LogP contribution in [0.25, 0.3) is 0 Å². The Morgan fingerprint density at radius 3 is 2.32 bits per heavy atom. The van der Waals surface area contributed by atoms with Crippen LogP contribution in [0, 0.1) is 0 Å². The van der Waals surface area contributed by atoms with Crippen molar-refractivity contribution >= 4 is 0 Å². The first kappa shape index (κ1) is 13.6. The molecule has 0 saturated heterocycles. The van der Waals surface area contributed by atoms with Crippen LogP contribution in [-0.2, 0) is 6.42 Å². The predicted molar refractivity (Wildman–Crippen MR) is 79.3 cm³/mol. The summed E-state index contributed by atoms with van der Waals surface area (Å²) in [4.78, 5) is 0. The van der Waals surface area contributed by atoms with Crippen molar-refractivity contribution in [3.63, 3.8) is 0 Å². The van der Waals surface area contributed by atoms with E-state index in [0.29, 0.717) is 11.8 Å². The fourth-order valence-corrected chi connectivity index (χ4v) is 2.24. The van der Waals surface area contributed by atoms with Crippen LogP contribution < -0.4 is 5.32 Å². The molecule has 0 aliphatic carbocycles. The van der Waals surface area contributed by atoms with Gasteiger partial charge in [-0.05, 0) is 42.6 Å². The van der Waals surface area contributed by atoms with Crippen molar-refractivity contribution in [3.8, 4) is 5.75 Å². The highest BCUT2D eigenvalue weighted by molar-refractivity contribution is 5.28. The molecule has 2 aromatic rings. The zero-order chi connectivity index (χ0) is 13.5. The Hall–Kier alpha value is -1.80. The molecule has 2 heteroatoms. The summed E-state index contributed by atoms with van der Waals surface area (Å²) in [7, 11) is 0. The van der Waals surface area contributed by atoms with E-state index in [4.69, 9.17) is 0 Å². The average molecular weight is 255 g/mol. The fourth-order valence-electron chi connectivity index (χ4n) is 2.24. The lowest BCUT2D eigenvalue weighted by Gasteiger charge is -2.17. The van der Waals surface area contributed by atoms with Crippen LogP contribution in [0.15, 0.2) is 54.6 Å². The Morgan fingerprint density at radius 1 is 1.00 bits per heavy atom. The Kier molecular flexibility index (Phi) is 4.99. The summed E-state index contributed by atoms with van der Waals surface area (Å²) in [5.74, 6) is 0.322. The number of rotatable bonds is 6. The smallest absolute Gasteiger partial charge is 0.115 e. The van der Waals surface area contributed by atoms with Gasteiger partial charge in [-0.25, -0.2) is 0 Å². The first-order chi connectivity index (χ1) is 9.29. The number of nitrogens with one attached hydrogen (secondary N) is 1. The number of hydrogen-bond acceptors (Lipinski definition) is 2. The van der Waals surface area contributed by atoms with Crippen LogP contribution in [0.1, 0.15) is 30.5 Å². The number of aromatic hydroxyl groups is 1. The van der Waals surface area contributed by atoms with Gasteiger partial charge < -0.3 is 10.4 Å². The lowest BCUT2D eigenvalue weighted by molar-refractivity contribution is 0.473. The Balaban J connectivity index is 1.87. The molecule has 2 aromatic carbocycles. The number of phenols is 1. The second-order valence-corrected chi connectivity index (χ2v) is 4.74. The summed E-state index contributed by atoms with van der Waals surface area (Å²) in [6.07, 6.45) is 2.08. The summed E-state index contributed by atoms with van der Waals surface area (Å²) in [5, 5.41) is 12.9. The number of benzene rings is 2. The molecular formula is C17H21NO. The number of hydrogen-bond donors (Lipinski definition) is 2. The minimum Gasteiger partial charge on any atom is -0.508 e. The van der Waals surface area contributed by atoms with E-state index in [1.807, 2.05) is 18.2 Å². The van der Waals surface area contributed by atoms with Gasteiger partial charge >= 0.3 is 0 Å². The third-order valence-corrected chi connectivity index (χ3v) is 3.35. The molecule has 0 aliphatic heterocycles. The van der Waals surface area contributed by atoms with Crippen molar-refractivity contribution in [1.29, 1.82) is 0 Å². The van der Waals surface area contributed by atoms with Crippen LogP contribution in [-0.4, -0.2) is 11.7 Å². The van der Waals surface area contributed by atoms with E-state index >= 15 is 0 Å². The molecule has 19 heavy (non-hydrogen) atoms. The molecule has 0 spiro atoms. The normalized spacial score (nSPS) is 12.3. The van der Waals surface area contributed by atoms with Gasteiger partial charge in [-0.3, -0.25) is 0 Å². The third-order valence-electron chi connectivity index (χ3n) is 3.35. The minimum atomic E-state index is 0.322. The molecule has 2 N–H and O–H groups in total. The highest BCUT2D eigenvalue weighted by Crippen LogP contribution is 2.19. The van der Waals surface area contributed by atoms with E-state index in [0.717, 1.165) is 19.4 Å². The predicted octanol–water partition coefficient (Wildman–Crippen LogP) is 3.68. The summed E-state index contributed by atoms with van der Waals surface area (Å²) < 4.78 is 0. The van der Waals surface area contributed by atoms with Gasteiger partial charge in [0.25, 0.3) is 0 Å². The lowest BCUT2D eigenvalue weighted by Crippen LogP contribution is -2.23. The van der Waals surface area contributed by atoms with Gasteiger partial charge in [-0.15, -0.1) is 0 Å². The summed E-state index contributed by atoms with van der Waals surface area (Å²) >= 11 is 0. The molecule has 100 valence electrons. The SMILES string of the molecule is CCC(NCCc1ccccc1)c1ccc(O)cc1. The molecule has 0 fully saturated rings. The summed E-state index contributed by atoms with van der Waals surface area (Å²) in [6, 6.07) is 18.3. The highest BCUT2D eigenvalue weighted by atomic mass is 16.3. The van der Waals surface area contributed by atoms with Crippen LogP contribution in [0.2, 0.25) is 0 Å². The maximum absolute atomic E-state index is 9.32.